The van der Waals surface area contributed by atoms with E-state index in [-0.39, 0.29) is 0 Å². The standard InChI is InChI=1S/C19H24N4O/c1-14(2)19(23-7-9-24-10-8-23)13-21-18-11-15(12-20)22-17-6-4-3-5-16(17)18/h3-6,11,14,19H,7-10,13H2,1-2H3,(H,21,22). The lowest BCUT2D eigenvalue weighted by atomic mass is 10.0. The first-order valence-electron chi connectivity index (χ1n) is 8.54. The van der Waals surface area contributed by atoms with E-state index in [0.29, 0.717) is 17.7 Å². The van der Waals surface area contributed by atoms with E-state index in [9.17, 15) is 5.26 Å². The van der Waals surface area contributed by atoms with Gasteiger partial charge in [0.25, 0.3) is 0 Å². The zero-order valence-corrected chi connectivity index (χ0v) is 14.3. The zero-order chi connectivity index (χ0) is 16.9. The SMILES string of the molecule is CC(C)C(CNc1cc(C#N)nc2ccccc12)N1CCOCC1. The third-order valence-electron chi connectivity index (χ3n) is 4.62. The summed E-state index contributed by atoms with van der Waals surface area (Å²) in [6, 6.07) is 12.4. The number of rotatable bonds is 5. The highest BCUT2D eigenvalue weighted by Gasteiger charge is 2.23. The van der Waals surface area contributed by atoms with Gasteiger partial charge >= 0.3 is 0 Å². The van der Waals surface area contributed by atoms with Crippen LogP contribution in [0.2, 0.25) is 0 Å². The summed E-state index contributed by atoms with van der Waals surface area (Å²) in [7, 11) is 0. The summed E-state index contributed by atoms with van der Waals surface area (Å²) >= 11 is 0. The van der Waals surface area contributed by atoms with E-state index in [0.717, 1.165) is 49.4 Å². The van der Waals surface area contributed by atoms with Gasteiger partial charge < -0.3 is 10.1 Å². The number of pyridine rings is 1. The monoisotopic (exact) mass is 324 g/mol. The van der Waals surface area contributed by atoms with Crippen LogP contribution < -0.4 is 5.32 Å². The van der Waals surface area contributed by atoms with Crippen molar-refractivity contribution >= 4 is 16.6 Å². The predicted octanol–water partition coefficient (Wildman–Crippen LogP) is 2.88. The number of hydrogen-bond donors (Lipinski definition) is 1. The molecule has 1 aliphatic rings. The highest BCUT2D eigenvalue weighted by Crippen LogP contribution is 2.24. The Morgan fingerprint density at radius 3 is 2.75 bits per heavy atom. The normalized spacial score (nSPS) is 16.9. The first-order chi connectivity index (χ1) is 11.7. The van der Waals surface area contributed by atoms with Crippen LogP contribution in [0.4, 0.5) is 5.69 Å². The molecule has 0 amide bonds. The van der Waals surface area contributed by atoms with Crippen molar-refractivity contribution in [2.75, 3.05) is 38.2 Å². The highest BCUT2D eigenvalue weighted by molar-refractivity contribution is 5.91. The molecule has 1 aromatic heterocycles. The second-order valence-corrected chi connectivity index (χ2v) is 6.52. The third kappa shape index (κ3) is 3.66. The van der Waals surface area contributed by atoms with Crippen molar-refractivity contribution in [3.63, 3.8) is 0 Å². The van der Waals surface area contributed by atoms with Gasteiger partial charge in [-0.25, -0.2) is 4.98 Å². The molecule has 126 valence electrons. The van der Waals surface area contributed by atoms with E-state index in [4.69, 9.17) is 4.74 Å². The van der Waals surface area contributed by atoms with E-state index in [1.807, 2.05) is 30.3 Å². The molecule has 2 heterocycles. The summed E-state index contributed by atoms with van der Waals surface area (Å²) in [6.07, 6.45) is 0. The maximum atomic E-state index is 9.23. The maximum absolute atomic E-state index is 9.23. The average Bonchev–Trinajstić information content (AvgIpc) is 2.62. The fourth-order valence-corrected chi connectivity index (χ4v) is 3.29. The Morgan fingerprint density at radius 1 is 1.29 bits per heavy atom. The Hall–Kier alpha value is -2.16. The van der Waals surface area contributed by atoms with Crippen molar-refractivity contribution in [3.05, 3.63) is 36.0 Å². The van der Waals surface area contributed by atoms with E-state index in [1.165, 1.54) is 0 Å². The molecule has 0 bridgehead atoms. The van der Waals surface area contributed by atoms with Crippen LogP contribution in [0.1, 0.15) is 19.5 Å². The van der Waals surface area contributed by atoms with Gasteiger partial charge in [0.1, 0.15) is 11.8 Å². The summed E-state index contributed by atoms with van der Waals surface area (Å²) in [4.78, 5) is 6.87. The Kier molecular flexibility index (Phi) is 5.29. The molecule has 1 fully saturated rings. The molecular weight excluding hydrogens is 300 g/mol. The molecule has 0 radical (unpaired) electrons. The molecule has 2 aromatic rings. The lowest BCUT2D eigenvalue weighted by Gasteiger charge is -2.37. The van der Waals surface area contributed by atoms with Gasteiger partial charge in [-0.2, -0.15) is 5.26 Å². The smallest absolute Gasteiger partial charge is 0.143 e. The number of hydrogen-bond acceptors (Lipinski definition) is 5. The molecule has 0 saturated carbocycles. The Morgan fingerprint density at radius 2 is 2.04 bits per heavy atom. The second kappa shape index (κ2) is 7.61. The summed E-state index contributed by atoms with van der Waals surface area (Å²) in [5, 5.41) is 13.9. The van der Waals surface area contributed by atoms with Gasteiger partial charge in [0.15, 0.2) is 0 Å². The van der Waals surface area contributed by atoms with Crippen LogP contribution >= 0.6 is 0 Å². The second-order valence-electron chi connectivity index (χ2n) is 6.52. The predicted molar refractivity (Wildman–Crippen MR) is 96.0 cm³/mol. The maximum Gasteiger partial charge on any atom is 0.143 e. The number of para-hydroxylation sites is 1. The lowest BCUT2D eigenvalue weighted by Crippen LogP contribution is -2.49. The van der Waals surface area contributed by atoms with Crippen LogP contribution in [-0.4, -0.2) is 48.8 Å². The Labute approximate surface area is 143 Å². The van der Waals surface area contributed by atoms with Gasteiger partial charge in [-0.15, -0.1) is 0 Å². The number of fused-ring (bicyclic) bond motifs is 1. The van der Waals surface area contributed by atoms with E-state index in [1.54, 1.807) is 0 Å². The molecule has 24 heavy (non-hydrogen) atoms. The van der Waals surface area contributed by atoms with Crippen molar-refractivity contribution in [2.24, 2.45) is 5.92 Å². The van der Waals surface area contributed by atoms with Gasteiger partial charge in [-0.1, -0.05) is 32.0 Å². The lowest BCUT2D eigenvalue weighted by molar-refractivity contribution is 0.00955. The van der Waals surface area contributed by atoms with Crippen molar-refractivity contribution in [1.29, 1.82) is 5.26 Å². The number of nitrogens with one attached hydrogen (secondary N) is 1. The summed E-state index contributed by atoms with van der Waals surface area (Å²) in [5.74, 6) is 0.541. The summed E-state index contributed by atoms with van der Waals surface area (Å²) in [6.45, 7) is 8.92. The molecule has 1 saturated heterocycles. The van der Waals surface area contributed by atoms with Crippen LogP contribution in [0.15, 0.2) is 30.3 Å². The Balaban J connectivity index is 1.82. The number of anilines is 1. The number of ether oxygens (including phenoxy) is 1. The van der Waals surface area contributed by atoms with Gasteiger partial charge in [0.2, 0.25) is 0 Å². The van der Waals surface area contributed by atoms with Crippen molar-refractivity contribution in [1.82, 2.24) is 9.88 Å². The fraction of sp³-hybridized carbons (Fsp3) is 0.474. The Bertz CT molecular complexity index is 732. The minimum absolute atomic E-state index is 0.436. The molecule has 0 aliphatic carbocycles. The molecule has 0 spiro atoms. The molecule has 5 nitrogen and oxygen atoms in total. The molecule has 1 aromatic carbocycles. The quantitative estimate of drug-likeness (QED) is 0.916. The van der Waals surface area contributed by atoms with Crippen LogP contribution in [0.3, 0.4) is 0 Å². The number of aromatic nitrogens is 1. The van der Waals surface area contributed by atoms with Crippen LogP contribution in [-0.2, 0) is 4.74 Å². The van der Waals surface area contributed by atoms with Crippen LogP contribution in [0.5, 0.6) is 0 Å². The zero-order valence-electron chi connectivity index (χ0n) is 14.3. The molecule has 1 N–H and O–H groups in total. The number of nitriles is 1. The largest absolute Gasteiger partial charge is 0.383 e. The third-order valence-corrected chi connectivity index (χ3v) is 4.62. The number of benzene rings is 1. The number of morpholine rings is 1. The van der Waals surface area contributed by atoms with Gasteiger partial charge in [-0.05, 0) is 18.1 Å². The molecule has 5 heteroatoms. The molecular formula is C19H24N4O. The van der Waals surface area contributed by atoms with Gasteiger partial charge in [-0.3, -0.25) is 4.90 Å². The van der Waals surface area contributed by atoms with E-state index >= 15 is 0 Å². The van der Waals surface area contributed by atoms with Crippen molar-refractivity contribution in [2.45, 2.75) is 19.9 Å². The molecule has 3 rings (SSSR count). The molecule has 1 unspecified atom stereocenters. The van der Waals surface area contributed by atoms with Crippen LogP contribution in [0, 0.1) is 17.2 Å². The van der Waals surface area contributed by atoms with E-state index in [2.05, 4.69) is 35.1 Å². The minimum atomic E-state index is 0.436. The van der Waals surface area contributed by atoms with Crippen LogP contribution in [0.25, 0.3) is 10.9 Å². The van der Waals surface area contributed by atoms with Crippen molar-refractivity contribution < 1.29 is 4.74 Å². The first kappa shape index (κ1) is 16.7. The summed E-state index contributed by atoms with van der Waals surface area (Å²) in [5.41, 5.74) is 2.28. The topological polar surface area (TPSA) is 61.2 Å². The molecule has 1 atom stereocenters. The number of nitrogens with zero attached hydrogens (tertiary/aromatic N) is 3. The molecule has 1 aliphatic heterocycles. The minimum Gasteiger partial charge on any atom is -0.383 e. The highest BCUT2D eigenvalue weighted by atomic mass is 16.5. The van der Waals surface area contributed by atoms with E-state index < -0.39 is 0 Å². The first-order valence-corrected chi connectivity index (χ1v) is 8.54. The van der Waals surface area contributed by atoms with Gasteiger partial charge in [0.05, 0.1) is 18.7 Å². The van der Waals surface area contributed by atoms with Crippen molar-refractivity contribution in [3.8, 4) is 6.07 Å². The fourth-order valence-electron chi connectivity index (χ4n) is 3.29. The van der Waals surface area contributed by atoms with Gasteiger partial charge in [0, 0.05) is 36.7 Å². The summed E-state index contributed by atoms with van der Waals surface area (Å²) < 4.78 is 5.47. The average molecular weight is 324 g/mol.